The molecule has 0 radical (unpaired) electrons. The molecule has 0 saturated carbocycles. The molecule has 1 aromatic heterocycles. The summed E-state index contributed by atoms with van der Waals surface area (Å²) in [5.41, 5.74) is 12.5. The van der Waals surface area contributed by atoms with Gasteiger partial charge >= 0.3 is 0 Å². The Morgan fingerprint density at radius 2 is 2.05 bits per heavy atom. The number of hydrogen-bond acceptors (Lipinski definition) is 4. The summed E-state index contributed by atoms with van der Waals surface area (Å²) in [7, 11) is 0. The fourth-order valence-electron chi connectivity index (χ4n) is 1.71. The van der Waals surface area contributed by atoms with Crippen LogP contribution in [-0.2, 0) is 0 Å². The number of primary amides is 1. The van der Waals surface area contributed by atoms with Crippen LogP contribution in [0.25, 0.3) is 0 Å². The second-order valence-electron chi connectivity index (χ2n) is 4.17. The Morgan fingerprint density at radius 3 is 2.68 bits per heavy atom. The van der Waals surface area contributed by atoms with Gasteiger partial charge in [0.1, 0.15) is 11.6 Å². The number of nitrogens with zero attached hydrogens (tertiary/aromatic N) is 1. The van der Waals surface area contributed by atoms with E-state index in [1.54, 1.807) is 13.0 Å². The highest BCUT2D eigenvalue weighted by molar-refractivity contribution is 5.99. The van der Waals surface area contributed by atoms with Gasteiger partial charge in [0.25, 0.3) is 5.91 Å². The van der Waals surface area contributed by atoms with Crippen LogP contribution in [0.4, 0.5) is 21.6 Å². The van der Waals surface area contributed by atoms with Crippen LogP contribution in [0.5, 0.6) is 0 Å². The minimum absolute atomic E-state index is 0.155. The molecule has 5 N–H and O–H groups in total. The fourth-order valence-corrected chi connectivity index (χ4v) is 1.71. The SMILES string of the molecule is Cc1cc(F)cc(Nc2ncc(N)cc2C(N)=O)c1. The highest BCUT2D eigenvalue weighted by atomic mass is 19.1. The third-order valence-electron chi connectivity index (χ3n) is 2.48. The molecule has 0 atom stereocenters. The second kappa shape index (κ2) is 4.93. The molecule has 6 heteroatoms. The summed E-state index contributed by atoms with van der Waals surface area (Å²) in [5.74, 6) is -0.791. The van der Waals surface area contributed by atoms with Crippen molar-refractivity contribution in [2.24, 2.45) is 5.73 Å². The van der Waals surface area contributed by atoms with E-state index in [4.69, 9.17) is 11.5 Å². The Kier molecular flexibility index (Phi) is 3.33. The Hall–Kier alpha value is -2.63. The molecule has 1 amide bonds. The monoisotopic (exact) mass is 260 g/mol. The summed E-state index contributed by atoms with van der Waals surface area (Å²) in [4.78, 5) is 15.3. The Morgan fingerprint density at radius 1 is 1.32 bits per heavy atom. The molecule has 98 valence electrons. The molecule has 0 spiro atoms. The number of aromatic nitrogens is 1. The number of nitrogen functional groups attached to an aromatic ring is 1. The largest absolute Gasteiger partial charge is 0.397 e. The first-order chi connectivity index (χ1) is 8.95. The lowest BCUT2D eigenvalue weighted by molar-refractivity contribution is 0.100. The van der Waals surface area contributed by atoms with Crippen LogP contribution in [0.1, 0.15) is 15.9 Å². The highest BCUT2D eigenvalue weighted by Crippen LogP contribution is 2.21. The first-order valence-corrected chi connectivity index (χ1v) is 5.55. The number of aryl methyl sites for hydroxylation is 1. The quantitative estimate of drug-likeness (QED) is 0.786. The smallest absolute Gasteiger partial charge is 0.252 e. The molecule has 0 aliphatic heterocycles. The minimum Gasteiger partial charge on any atom is -0.397 e. The molecule has 0 bridgehead atoms. The van der Waals surface area contributed by atoms with E-state index in [2.05, 4.69) is 10.3 Å². The zero-order valence-corrected chi connectivity index (χ0v) is 10.3. The summed E-state index contributed by atoms with van der Waals surface area (Å²) in [6.07, 6.45) is 1.39. The standard InChI is InChI=1S/C13H13FN4O/c1-7-2-8(14)4-10(3-7)18-13-11(12(16)19)5-9(15)6-17-13/h2-6H,15H2,1H3,(H2,16,19)(H,17,18). The van der Waals surface area contributed by atoms with Gasteiger partial charge in [0.2, 0.25) is 0 Å². The summed E-state index contributed by atoms with van der Waals surface area (Å²) in [6, 6.07) is 5.85. The van der Waals surface area contributed by atoms with Gasteiger partial charge in [-0.3, -0.25) is 4.79 Å². The molecule has 0 unspecified atom stereocenters. The van der Waals surface area contributed by atoms with E-state index in [-0.39, 0.29) is 17.2 Å². The second-order valence-corrected chi connectivity index (χ2v) is 4.17. The van der Waals surface area contributed by atoms with Crippen molar-refractivity contribution in [1.29, 1.82) is 0 Å². The molecule has 0 aliphatic carbocycles. The number of amides is 1. The van der Waals surface area contributed by atoms with E-state index in [0.717, 1.165) is 5.56 Å². The molecule has 0 saturated heterocycles. The van der Waals surface area contributed by atoms with Crippen LogP contribution in [-0.4, -0.2) is 10.9 Å². The van der Waals surface area contributed by atoms with E-state index in [0.29, 0.717) is 11.4 Å². The molecule has 0 aliphatic rings. The van der Waals surface area contributed by atoms with E-state index < -0.39 is 5.91 Å². The maximum Gasteiger partial charge on any atom is 0.252 e. The van der Waals surface area contributed by atoms with Crippen molar-refractivity contribution in [2.45, 2.75) is 6.92 Å². The molecule has 2 aromatic rings. The van der Waals surface area contributed by atoms with E-state index in [9.17, 15) is 9.18 Å². The van der Waals surface area contributed by atoms with Crippen molar-refractivity contribution in [3.63, 3.8) is 0 Å². The van der Waals surface area contributed by atoms with Crippen molar-refractivity contribution in [2.75, 3.05) is 11.1 Å². The highest BCUT2D eigenvalue weighted by Gasteiger charge is 2.11. The van der Waals surface area contributed by atoms with Crippen LogP contribution in [0.3, 0.4) is 0 Å². The average Bonchev–Trinajstić information content (AvgIpc) is 2.30. The molecule has 19 heavy (non-hydrogen) atoms. The molecule has 5 nitrogen and oxygen atoms in total. The van der Waals surface area contributed by atoms with Crippen LogP contribution < -0.4 is 16.8 Å². The zero-order valence-electron chi connectivity index (χ0n) is 10.3. The number of hydrogen-bond donors (Lipinski definition) is 3. The molecule has 0 fully saturated rings. The third kappa shape index (κ3) is 2.98. The molecular formula is C13H13FN4O. The van der Waals surface area contributed by atoms with Crippen molar-refractivity contribution >= 4 is 23.1 Å². The molecular weight excluding hydrogens is 247 g/mol. The first kappa shape index (κ1) is 12.8. The summed E-state index contributed by atoms with van der Waals surface area (Å²) in [5, 5.41) is 2.86. The third-order valence-corrected chi connectivity index (χ3v) is 2.48. The lowest BCUT2D eigenvalue weighted by Gasteiger charge is -2.10. The zero-order chi connectivity index (χ0) is 14.0. The summed E-state index contributed by atoms with van der Waals surface area (Å²) >= 11 is 0. The number of carbonyl (C=O) groups is 1. The lowest BCUT2D eigenvalue weighted by Crippen LogP contribution is -2.14. The number of rotatable bonds is 3. The number of halogens is 1. The fraction of sp³-hybridized carbons (Fsp3) is 0.0769. The number of nitrogens with one attached hydrogen (secondary N) is 1. The van der Waals surface area contributed by atoms with Gasteiger partial charge in [-0.15, -0.1) is 0 Å². The van der Waals surface area contributed by atoms with Gasteiger partial charge < -0.3 is 16.8 Å². The van der Waals surface area contributed by atoms with Crippen LogP contribution in [0.15, 0.2) is 30.5 Å². The van der Waals surface area contributed by atoms with Gasteiger partial charge in [-0.2, -0.15) is 0 Å². The lowest BCUT2D eigenvalue weighted by atomic mass is 10.2. The van der Waals surface area contributed by atoms with E-state index in [1.807, 2.05) is 0 Å². The predicted octanol–water partition coefficient (Wildman–Crippen LogP) is 1.95. The Balaban J connectivity index is 2.40. The minimum atomic E-state index is -0.657. The summed E-state index contributed by atoms with van der Waals surface area (Å²) < 4.78 is 13.3. The normalized spacial score (nSPS) is 10.2. The van der Waals surface area contributed by atoms with Crippen molar-refractivity contribution in [3.05, 3.63) is 47.4 Å². The van der Waals surface area contributed by atoms with Gasteiger partial charge in [0.15, 0.2) is 0 Å². The van der Waals surface area contributed by atoms with Crippen molar-refractivity contribution in [3.8, 4) is 0 Å². The van der Waals surface area contributed by atoms with Gasteiger partial charge in [0, 0.05) is 5.69 Å². The number of anilines is 3. The topological polar surface area (TPSA) is 94.0 Å². The van der Waals surface area contributed by atoms with Crippen molar-refractivity contribution in [1.82, 2.24) is 4.98 Å². The van der Waals surface area contributed by atoms with Crippen LogP contribution >= 0.6 is 0 Å². The number of nitrogens with two attached hydrogens (primary N) is 2. The van der Waals surface area contributed by atoms with Crippen LogP contribution in [0.2, 0.25) is 0 Å². The van der Waals surface area contributed by atoms with E-state index in [1.165, 1.54) is 24.4 Å². The maximum atomic E-state index is 13.3. The first-order valence-electron chi connectivity index (χ1n) is 5.55. The van der Waals surface area contributed by atoms with Crippen molar-refractivity contribution < 1.29 is 9.18 Å². The number of carbonyl (C=O) groups excluding carboxylic acids is 1. The van der Waals surface area contributed by atoms with Crippen LogP contribution in [0, 0.1) is 12.7 Å². The maximum absolute atomic E-state index is 13.3. The van der Waals surface area contributed by atoms with Gasteiger partial charge in [-0.1, -0.05) is 0 Å². The average molecular weight is 260 g/mol. The number of pyridine rings is 1. The summed E-state index contributed by atoms with van der Waals surface area (Å²) in [6.45, 7) is 1.76. The Bertz CT molecular complexity index is 622. The molecule has 1 heterocycles. The van der Waals surface area contributed by atoms with Gasteiger partial charge in [0.05, 0.1) is 17.4 Å². The molecule has 1 aromatic carbocycles. The number of benzene rings is 1. The van der Waals surface area contributed by atoms with E-state index >= 15 is 0 Å². The van der Waals surface area contributed by atoms with Gasteiger partial charge in [-0.05, 0) is 36.8 Å². The molecule has 2 rings (SSSR count). The Labute approximate surface area is 109 Å². The van der Waals surface area contributed by atoms with Gasteiger partial charge in [-0.25, -0.2) is 9.37 Å². The predicted molar refractivity (Wildman–Crippen MR) is 71.6 cm³/mol.